The number of Topliss-reactive ketones (excluding diaryl/α,β-unsaturated/α-hetero) is 1. The van der Waals surface area contributed by atoms with E-state index in [9.17, 15) is 9.59 Å². The zero-order valence-corrected chi connectivity index (χ0v) is 25.6. The van der Waals surface area contributed by atoms with Crippen LogP contribution in [0, 0.1) is 5.92 Å². The minimum Gasteiger partial charge on any atom is -0.494 e. The van der Waals surface area contributed by atoms with Crippen LogP contribution in [0.1, 0.15) is 104 Å². The van der Waals surface area contributed by atoms with Crippen LogP contribution in [-0.4, -0.2) is 41.7 Å². The molecule has 1 atom stereocenters. The van der Waals surface area contributed by atoms with Crippen LogP contribution in [0.3, 0.4) is 0 Å². The number of benzene rings is 1. The van der Waals surface area contributed by atoms with E-state index in [0.29, 0.717) is 28.5 Å². The van der Waals surface area contributed by atoms with Gasteiger partial charge in [0.15, 0.2) is 11.5 Å². The van der Waals surface area contributed by atoms with Crippen molar-refractivity contribution in [1.29, 1.82) is 0 Å². The first-order valence-corrected chi connectivity index (χ1v) is 14.2. The topological polar surface area (TPSA) is 105 Å². The number of carbonyl (C=O) groups excluding carboxylic acids is 2. The standard InChI is InChI=1S/C26H35N5O3.C3H8.C2H6/c1-7-16(4)29-17(5)19-9-8-10-21(25(19)34-6)30-22-13-23(31-26(33)28-15(2)3)27-14-20(22)24(32)18-11-12-18;1-3-2;1-2/h8-10,13-16,18H,7,11-12H2,1-6H3,(H3,27,28,30,31,33);3H2,1-2H3;1-2H3. The average molecular weight is 540 g/mol. The summed E-state index contributed by atoms with van der Waals surface area (Å²) in [5.41, 5.74) is 3.53. The molecule has 2 aromatic rings. The van der Waals surface area contributed by atoms with Gasteiger partial charge in [-0.25, -0.2) is 9.78 Å². The lowest BCUT2D eigenvalue weighted by molar-refractivity contribution is 0.0968. The van der Waals surface area contributed by atoms with Gasteiger partial charge in [0.05, 0.1) is 24.0 Å². The lowest BCUT2D eigenvalue weighted by Crippen LogP contribution is -2.34. The number of pyridine rings is 1. The number of aromatic nitrogens is 1. The van der Waals surface area contributed by atoms with E-state index in [1.54, 1.807) is 13.2 Å². The van der Waals surface area contributed by atoms with E-state index >= 15 is 0 Å². The van der Waals surface area contributed by atoms with Crippen LogP contribution < -0.4 is 20.7 Å². The molecule has 1 aliphatic carbocycles. The molecule has 1 fully saturated rings. The number of methoxy groups -OCH3 is 1. The summed E-state index contributed by atoms with van der Waals surface area (Å²) < 4.78 is 5.76. The lowest BCUT2D eigenvalue weighted by atomic mass is 10.1. The minimum absolute atomic E-state index is 0.0133. The molecule has 8 heteroatoms. The van der Waals surface area contributed by atoms with Crippen molar-refractivity contribution in [3.8, 4) is 5.75 Å². The highest BCUT2D eigenvalue weighted by atomic mass is 16.5. The van der Waals surface area contributed by atoms with E-state index in [2.05, 4.69) is 48.6 Å². The van der Waals surface area contributed by atoms with Crippen molar-refractivity contribution in [1.82, 2.24) is 10.3 Å². The first-order valence-electron chi connectivity index (χ1n) is 14.2. The maximum absolute atomic E-state index is 13.0. The number of aliphatic imine (C=N–C) groups is 1. The highest BCUT2D eigenvalue weighted by Crippen LogP contribution is 2.38. The molecule has 216 valence electrons. The Labute approximate surface area is 235 Å². The number of nitrogens with zero attached hydrogens (tertiary/aromatic N) is 2. The number of carbonyl (C=O) groups is 2. The molecule has 8 nitrogen and oxygen atoms in total. The molecule has 0 aliphatic heterocycles. The largest absolute Gasteiger partial charge is 0.494 e. The van der Waals surface area contributed by atoms with Crippen molar-refractivity contribution >= 4 is 34.7 Å². The Morgan fingerprint density at radius 1 is 1.08 bits per heavy atom. The number of rotatable bonds is 10. The van der Waals surface area contributed by atoms with Crippen molar-refractivity contribution in [2.45, 2.75) is 100 Å². The third-order valence-electron chi connectivity index (χ3n) is 5.66. The van der Waals surface area contributed by atoms with Gasteiger partial charge in [0, 0.05) is 41.5 Å². The van der Waals surface area contributed by atoms with Crippen LogP contribution in [0.4, 0.5) is 22.0 Å². The highest BCUT2D eigenvalue weighted by Gasteiger charge is 2.32. The normalized spacial score (nSPS) is 13.3. The second kappa shape index (κ2) is 17.2. The quantitative estimate of drug-likeness (QED) is 0.209. The first-order chi connectivity index (χ1) is 18.6. The Bertz CT molecular complexity index is 1090. The predicted octanol–water partition coefficient (Wildman–Crippen LogP) is 8.01. The van der Waals surface area contributed by atoms with Gasteiger partial charge in [0.1, 0.15) is 5.82 Å². The number of ketones is 1. The van der Waals surface area contributed by atoms with E-state index in [-0.39, 0.29) is 29.8 Å². The molecule has 1 heterocycles. The molecule has 1 aromatic heterocycles. The fourth-order valence-electron chi connectivity index (χ4n) is 3.58. The first kappa shape index (κ1) is 33.6. The molecule has 3 rings (SSSR count). The van der Waals surface area contributed by atoms with Gasteiger partial charge in [0.2, 0.25) is 0 Å². The molecule has 0 radical (unpaired) electrons. The maximum atomic E-state index is 13.0. The second-order valence-electron chi connectivity index (χ2n) is 9.70. The molecular formula is C31H49N5O3. The molecule has 1 saturated carbocycles. The Balaban J connectivity index is 0.00000142. The minimum atomic E-state index is -0.355. The molecular weight excluding hydrogens is 490 g/mol. The summed E-state index contributed by atoms with van der Waals surface area (Å²) in [6, 6.07) is 7.30. The van der Waals surface area contributed by atoms with Crippen LogP contribution in [0.5, 0.6) is 5.75 Å². The molecule has 39 heavy (non-hydrogen) atoms. The number of para-hydroxylation sites is 1. The number of amides is 2. The molecule has 0 bridgehead atoms. The summed E-state index contributed by atoms with van der Waals surface area (Å²) in [5.74, 6) is 1.07. The summed E-state index contributed by atoms with van der Waals surface area (Å²) in [4.78, 5) is 34.2. The monoisotopic (exact) mass is 539 g/mol. The molecule has 1 aliphatic rings. The van der Waals surface area contributed by atoms with Crippen molar-refractivity contribution in [2.24, 2.45) is 10.9 Å². The molecule has 0 saturated heterocycles. The third kappa shape index (κ3) is 10.7. The van der Waals surface area contributed by atoms with E-state index in [0.717, 1.165) is 30.5 Å². The lowest BCUT2D eigenvalue weighted by Gasteiger charge is -2.18. The van der Waals surface area contributed by atoms with Crippen molar-refractivity contribution in [3.63, 3.8) is 0 Å². The van der Waals surface area contributed by atoms with Crippen LogP contribution >= 0.6 is 0 Å². The second-order valence-corrected chi connectivity index (χ2v) is 9.70. The van der Waals surface area contributed by atoms with E-state index < -0.39 is 0 Å². The average Bonchev–Trinajstić information content (AvgIpc) is 3.75. The molecule has 1 aromatic carbocycles. The molecule has 1 unspecified atom stereocenters. The zero-order valence-electron chi connectivity index (χ0n) is 25.6. The number of hydrogen-bond donors (Lipinski definition) is 3. The van der Waals surface area contributed by atoms with Crippen LogP contribution in [0.15, 0.2) is 35.5 Å². The number of urea groups is 1. The van der Waals surface area contributed by atoms with Gasteiger partial charge in [-0.1, -0.05) is 47.1 Å². The van der Waals surface area contributed by atoms with Gasteiger partial charge in [-0.05, 0) is 59.1 Å². The number of nitrogens with one attached hydrogen (secondary N) is 3. The zero-order chi connectivity index (χ0) is 29.5. The Kier molecular flexibility index (Phi) is 14.8. The third-order valence-corrected chi connectivity index (χ3v) is 5.66. The molecule has 3 N–H and O–H groups in total. The summed E-state index contributed by atoms with van der Waals surface area (Å²) >= 11 is 0. The summed E-state index contributed by atoms with van der Waals surface area (Å²) in [6.07, 6.45) is 5.50. The van der Waals surface area contributed by atoms with Gasteiger partial charge in [-0.15, -0.1) is 0 Å². The fourth-order valence-corrected chi connectivity index (χ4v) is 3.58. The van der Waals surface area contributed by atoms with E-state index in [1.807, 2.05) is 52.8 Å². The van der Waals surface area contributed by atoms with Crippen LogP contribution in [-0.2, 0) is 0 Å². The Hall–Kier alpha value is -3.42. The number of hydrogen-bond acceptors (Lipinski definition) is 6. The molecule has 2 amide bonds. The van der Waals surface area contributed by atoms with E-state index in [4.69, 9.17) is 9.73 Å². The van der Waals surface area contributed by atoms with Crippen LogP contribution in [0.25, 0.3) is 0 Å². The molecule has 0 spiro atoms. The number of anilines is 3. The van der Waals surface area contributed by atoms with Gasteiger partial charge in [0.25, 0.3) is 0 Å². The fraction of sp³-hybridized carbons (Fsp3) is 0.548. The highest BCUT2D eigenvalue weighted by molar-refractivity contribution is 6.06. The van der Waals surface area contributed by atoms with Crippen molar-refractivity contribution in [3.05, 3.63) is 41.6 Å². The van der Waals surface area contributed by atoms with Crippen LogP contribution in [0.2, 0.25) is 0 Å². The van der Waals surface area contributed by atoms with E-state index in [1.165, 1.54) is 12.6 Å². The summed E-state index contributed by atoms with van der Waals surface area (Å²) in [5, 5.41) is 8.87. The van der Waals surface area contributed by atoms with Gasteiger partial charge < -0.3 is 15.4 Å². The Morgan fingerprint density at radius 2 is 1.72 bits per heavy atom. The van der Waals surface area contributed by atoms with Gasteiger partial charge >= 0.3 is 6.03 Å². The Morgan fingerprint density at radius 3 is 2.26 bits per heavy atom. The van der Waals surface area contributed by atoms with Gasteiger partial charge in [-0.3, -0.25) is 15.1 Å². The number of ether oxygens (including phenoxy) is 1. The maximum Gasteiger partial charge on any atom is 0.320 e. The summed E-state index contributed by atoms with van der Waals surface area (Å²) in [6.45, 7) is 18.2. The van der Waals surface area contributed by atoms with Gasteiger partial charge in [-0.2, -0.15) is 0 Å². The van der Waals surface area contributed by atoms with Crippen molar-refractivity contribution in [2.75, 3.05) is 17.7 Å². The summed E-state index contributed by atoms with van der Waals surface area (Å²) in [7, 11) is 1.62. The SMILES string of the molecule is CC.CCC.CCC(C)N=C(C)c1cccc(Nc2cc(NC(=O)NC(C)C)ncc2C(=O)C2CC2)c1OC. The smallest absolute Gasteiger partial charge is 0.320 e. The predicted molar refractivity (Wildman–Crippen MR) is 164 cm³/mol. The van der Waals surface area contributed by atoms with Crippen molar-refractivity contribution < 1.29 is 14.3 Å².